The van der Waals surface area contributed by atoms with E-state index in [1.807, 2.05) is 24.3 Å². The molecule has 0 aromatic heterocycles. The van der Waals surface area contributed by atoms with E-state index >= 15 is 0 Å². The van der Waals surface area contributed by atoms with Crippen LogP contribution < -0.4 is 15.2 Å². The molecule has 0 spiro atoms. The number of hydrogen-bond acceptors (Lipinski definition) is 4. The minimum absolute atomic E-state index is 0.524. The summed E-state index contributed by atoms with van der Waals surface area (Å²) in [5, 5.41) is 0. The zero-order valence-corrected chi connectivity index (χ0v) is 20.3. The number of nitrogens with zero attached hydrogens (tertiary/aromatic N) is 1. The average molecular weight is 447 g/mol. The van der Waals surface area contributed by atoms with Crippen molar-refractivity contribution >= 4 is 0 Å². The van der Waals surface area contributed by atoms with Gasteiger partial charge in [0.15, 0.2) is 11.5 Å². The van der Waals surface area contributed by atoms with E-state index in [1.54, 1.807) is 7.11 Å². The normalized spacial score (nSPS) is 11.2. The van der Waals surface area contributed by atoms with Crippen LogP contribution in [0.15, 0.2) is 72.8 Å². The Morgan fingerprint density at radius 2 is 1.39 bits per heavy atom. The monoisotopic (exact) mass is 446 g/mol. The van der Waals surface area contributed by atoms with Crippen LogP contribution in [0.1, 0.15) is 48.9 Å². The van der Waals surface area contributed by atoms with Crippen molar-refractivity contribution in [1.29, 1.82) is 0 Å². The summed E-state index contributed by atoms with van der Waals surface area (Å²) in [6.45, 7) is 8.52. The molecule has 0 aliphatic heterocycles. The lowest BCUT2D eigenvalue weighted by Crippen LogP contribution is -2.28. The van der Waals surface area contributed by atoms with Gasteiger partial charge in [0.1, 0.15) is 6.61 Å². The largest absolute Gasteiger partial charge is 0.493 e. The summed E-state index contributed by atoms with van der Waals surface area (Å²) in [6, 6.07) is 25.1. The minimum Gasteiger partial charge on any atom is -0.493 e. The van der Waals surface area contributed by atoms with Crippen LogP contribution >= 0.6 is 0 Å². The van der Waals surface area contributed by atoms with Crippen molar-refractivity contribution in [2.45, 2.75) is 52.9 Å². The van der Waals surface area contributed by atoms with Gasteiger partial charge < -0.3 is 15.2 Å². The van der Waals surface area contributed by atoms with Gasteiger partial charge in [0.2, 0.25) is 0 Å². The van der Waals surface area contributed by atoms with E-state index in [9.17, 15) is 0 Å². The Bertz CT molecular complexity index is 953. The number of nitrogens with two attached hydrogens (primary N) is 1. The molecule has 33 heavy (non-hydrogen) atoms. The Labute approximate surface area is 199 Å². The van der Waals surface area contributed by atoms with Crippen LogP contribution in [0.2, 0.25) is 0 Å². The van der Waals surface area contributed by atoms with Crippen LogP contribution in [0.5, 0.6) is 11.5 Å². The smallest absolute Gasteiger partial charge is 0.161 e. The number of methoxy groups -OCH3 is 1. The van der Waals surface area contributed by atoms with Gasteiger partial charge in [-0.1, -0.05) is 87.4 Å². The molecule has 0 unspecified atom stereocenters. The molecule has 2 N–H and O–H groups in total. The van der Waals surface area contributed by atoms with Gasteiger partial charge >= 0.3 is 0 Å². The summed E-state index contributed by atoms with van der Waals surface area (Å²) in [6.07, 6.45) is 2.38. The fourth-order valence-corrected chi connectivity index (χ4v) is 4.06. The average Bonchev–Trinajstić information content (AvgIpc) is 2.87. The van der Waals surface area contributed by atoms with Gasteiger partial charge in [0.05, 0.1) is 7.11 Å². The quantitative estimate of drug-likeness (QED) is 0.341. The Morgan fingerprint density at radius 1 is 0.758 bits per heavy atom. The van der Waals surface area contributed by atoms with Gasteiger partial charge in [-0.25, -0.2) is 0 Å². The molecular weight excluding hydrogens is 408 g/mol. The predicted octanol–water partition coefficient (Wildman–Crippen LogP) is 6.17. The summed E-state index contributed by atoms with van der Waals surface area (Å²) < 4.78 is 11.7. The first-order valence-corrected chi connectivity index (χ1v) is 12.0. The lowest BCUT2D eigenvalue weighted by Gasteiger charge is -2.27. The molecule has 0 saturated carbocycles. The van der Waals surface area contributed by atoms with E-state index in [1.165, 1.54) is 29.5 Å². The van der Waals surface area contributed by atoms with Gasteiger partial charge in [-0.3, -0.25) is 4.90 Å². The summed E-state index contributed by atoms with van der Waals surface area (Å²) in [5.41, 5.74) is 10.6. The maximum absolute atomic E-state index is 6.04. The third-order valence-electron chi connectivity index (χ3n) is 6.21. The molecule has 3 aromatic carbocycles. The minimum atomic E-state index is 0.524. The highest BCUT2D eigenvalue weighted by Crippen LogP contribution is 2.30. The molecule has 0 heterocycles. The highest BCUT2D eigenvalue weighted by molar-refractivity contribution is 5.43. The SMILES string of the molecule is CCC(CC)CN(Cc1ccc(CN)cc1)Cc1ccc(OCc2ccccc2)c(OC)c1. The van der Waals surface area contributed by atoms with Crippen molar-refractivity contribution < 1.29 is 9.47 Å². The molecule has 0 aliphatic carbocycles. The van der Waals surface area contributed by atoms with E-state index in [-0.39, 0.29) is 0 Å². The molecule has 0 aliphatic rings. The maximum atomic E-state index is 6.04. The highest BCUT2D eigenvalue weighted by atomic mass is 16.5. The number of benzene rings is 3. The van der Waals surface area contributed by atoms with Gasteiger partial charge in [0.25, 0.3) is 0 Å². The molecule has 3 aromatic rings. The molecule has 176 valence electrons. The van der Waals surface area contributed by atoms with E-state index in [2.05, 4.69) is 67.3 Å². The zero-order valence-electron chi connectivity index (χ0n) is 20.3. The second-order valence-corrected chi connectivity index (χ2v) is 8.63. The Balaban J connectivity index is 1.72. The topological polar surface area (TPSA) is 47.7 Å². The second kappa shape index (κ2) is 13.0. The fraction of sp³-hybridized carbons (Fsp3) is 0.379. The number of ether oxygens (including phenoxy) is 2. The van der Waals surface area contributed by atoms with Crippen molar-refractivity contribution in [3.63, 3.8) is 0 Å². The van der Waals surface area contributed by atoms with Crippen molar-refractivity contribution in [3.05, 3.63) is 95.1 Å². The lowest BCUT2D eigenvalue weighted by molar-refractivity contribution is 0.207. The van der Waals surface area contributed by atoms with Crippen LogP contribution in [0, 0.1) is 5.92 Å². The number of rotatable bonds is 13. The lowest BCUT2D eigenvalue weighted by atomic mass is 10.0. The Hall–Kier alpha value is -2.82. The van der Waals surface area contributed by atoms with Gasteiger partial charge in [-0.15, -0.1) is 0 Å². The molecule has 0 radical (unpaired) electrons. The third-order valence-corrected chi connectivity index (χ3v) is 6.21. The first kappa shape index (κ1) is 24.8. The van der Waals surface area contributed by atoms with E-state index in [0.29, 0.717) is 19.1 Å². The molecule has 0 atom stereocenters. The van der Waals surface area contributed by atoms with Gasteiger partial charge in [-0.05, 0) is 40.3 Å². The third kappa shape index (κ3) is 7.62. The molecule has 0 saturated heterocycles. The molecule has 0 fully saturated rings. The first-order chi connectivity index (χ1) is 16.1. The van der Waals surface area contributed by atoms with Crippen molar-refractivity contribution in [2.24, 2.45) is 11.7 Å². The summed E-state index contributed by atoms with van der Waals surface area (Å²) in [4.78, 5) is 2.54. The van der Waals surface area contributed by atoms with Crippen LogP contribution in [0.3, 0.4) is 0 Å². The molecule has 3 rings (SSSR count). The highest BCUT2D eigenvalue weighted by Gasteiger charge is 2.15. The standard InChI is InChI=1S/C29H38N2O2/c1-4-23(5-2)19-31(20-25-13-11-24(18-30)12-14-25)21-27-15-16-28(29(17-27)32-3)33-22-26-9-7-6-8-10-26/h6-17,23H,4-5,18-22,30H2,1-3H3. The van der Waals surface area contributed by atoms with Crippen LogP contribution in [-0.4, -0.2) is 18.6 Å². The van der Waals surface area contributed by atoms with Gasteiger partial charge in [0, 0.05) is 26.2 Å². The molecule has 0 bridgehead atoms. The number of hydrogen-bond donors (Lipinski definition) is 1. The maximum Gasteiger partial charge on any atom is 0.161 e. The zero-order chi connectivity index (χ0) is 23.5. The molecule has 0 amide bonds. The Kier molecular flexibility index (Phi) is 9.79. The molecule has 4 nitrogen and oxygen atoms in total. The summed E-state index contributed by atoms with van der Waals surface area (Å²) in [5.74, 6) is 2.23. The van der Waals surface area contributed by atoms with E-state index < -0.39 is 0 Å². The van der Waals surface area contributed by atoms with Crippen LogP contribution in [0.4, 0.5) is 0 Å². The van der Waals surface area contributed by atoms with Crippen LogP contribution in [-0.2, 0) is 26.2 Å². The first-order valence-electron chi connectivity index (χ1n) is 12.0. The summed E-state index contributed by atoms with van der Waals surface area (Å²) >= 11 is 0. The van der Waals surface area contributed by atoms with E-state index in [0.717, 1.165) is 36.7 Å². The van der Waals surface area contributed by atoms with Gasteiger partial charge in [-0.2, -0.15) is 0 Å². The summed E-state index contributed by atoms with van der Waals surface area (Å²) in [7, 11) is 1.70. The molecular formula is C29H38N2O2. The van der Waals surface area contributed by atoms with Crippen LogP contribution in [0.25, 0.3) is 0 Å². The van der Waals surface area contributed by atoms with Crippen molar-refractivity contribution in [1.82, 2.24) is 4.90 Å². The predicted molar refractivity (Wildman–Crippen MR) is 136 cm³/mol. The van der Waals surface area contributed by atoms with Crippen molar-refractivity contribution in [3.8, 4) is 11.5 Å². The fourth-order valence-electron chi connectivity index (χ4n) is 4.06. The van der Waals surface area contributed by atoms with Crippen molar-refractivity contribution in [2.75, 3.05) is 13.7 Å². The Morgan fingerprint density at radius 3 is 2.03 bits per heavy atom. The van der Waals surface area contributed by atoms with E-state index in [4.69, 9.17) is 15.2 Å². The second-order valence-electron chi connectivity index (χ2n) is 8.63. The molecule has 4 heteroatoms.